The molecule has 3 heteroatoms. The van der Waals surface area contributed by atoms with E-state index in [0.29, 0.717) is 6.04 Å². The molecule has 15 heavy (non-hydrogen) atoms. The summed E-state index contributed by atoms with van der Waals surface area (Å²) in [5, 5.41) is 4.42. The van der Waals surface area contributed by atoms with E-state index in [0.717, 1.165) is 16.5 Å². The van der Waals surface area contributed by atoms with Gasteiger partial charge in [-0.2, -0.15) is 0 Å². The molecule has 0 radical (unpaired) electrons. The van der Waals surface area contributed by atoms with Crippen LogP contribution in [0.4, 0.5) is 0 Å². The van der Waals surface area contributed by atoms with Crippen LogP contribution in [0.5, 0.6) is 0 Å². The van der Waals surface area contributed by atoms with E-state index >= 15 is 0 Å². The summed E-state index contributed by atoms with van der Waals surface area (Å²) in [5.41, 5.74) is 1.33. The molecular formula is C12H16ClNS. The molecule has 1 unspecified atom stereocenters. The summed E-state index contributed by atoms with van der Waals surface area (Å²) in [6, 6.07) is 6.93. The van der Waals surface area contributed by atoms with Crippen LogP contribution in [0.2, 0.25) is 5.02 Å². The zero-order chi connectivity index (χ0) is 10.7. The van der Waals surface area contributed by atoms with Crippen molar-refractivity contribution in [3.05, 3.63) is 28.8 Å². The van der Waals surface area contributed by atoms with Crippen molar-refractivity contribution in [1.29, 1.82) is 0 Å². The lowest BCUT2D eigenvalue weighted by atomic mass is 9.98. The molecule has 1 aliphatic heterocycles. The maximum Gasteiger partial charge on any atom is 0.0545 e. The predicted octanol–water partition coefficient (Wildman–Crippen LogP) is 3.88. The molecule has 1 aliphatic rings. The van der Waals surface area contributed by atoms with Crippen LogP contribution in [-0.4, -0.2) is 12.8 Å². The molecule has 1 aromatic rings. The molecular weight excluding hydrogens is 226 g/mol. The van der Waals surface area contributed by atoms with E-state index < -0.39 is 0 Å². The monoisotopic (exact) mass is 241 g/mol. The minimum absolute atomic E-state index is 0.507. The van der Waals surface area contributed by atoms with Gasteiger partial charge in [0, 0.05) is 10.9 Å². The molecule has 0 bridgehead atoms. The van der Waals surface area contributed by atoms with Crippen molar-refractivity contribution in [3.63, 3.8) is 0 Å². The maximum atomic E-state index is 6.20. The number of thioether (sulfide) groups is 1. The first-order valence-electron chi connectivity index (χ1n) is 5.38. The second-order valence-corrected chi connectivity index (χ2v) is 5.15. The van der Waals surface area contributed by atoms with Crippen LogP contribution >= 0.6 is 23.4 Å². The fraction of sp³-hybridized carbons (Fsp3) is 0.500. The van der Waals surface area contributed by atoms with Crippen LogP contribution < -0.4 is 5.32 Å². The number of hydrogen-bond donors (Lipinski definition) is 1. The zero-order valence-corrected chi connectivity index (χ0v) is 10.5. The molecule has 1 saturated heterocycles. The van der Waals surface area contributed by atoms with Gasteiger partial charge >= 0.3 is 0 Å². The van der Waals surface area contributed by atoms with Crippen molar-refractivity contribution >= 4 is 23.4 Å². The summed E-state index contributed by atoms with van der Waals surface area (Å²) in [4.78, 5) is 1.16. The van der Waals surface area contributed by atoms with Gasteiger partial charge in [-0.05, 0) is 43.3 Å². The second-order valence-electron chi connectivity index (χ2n) is 3.90. The Morgan fingerprint density at radius 2 is 2.27 bits per heavy atom. The van der Waals surface area contributed by atoms with Crippen LogP contribution in [-0.2, 0) is 0 Å². The third-order valence-corrected chi connectivity index (χ3v) is 4.11. The van der Waals surface area contributed by atoms with E-state index in [1.54, 1.807) is 11.8 Å². The summed E-state index contributed by atoms with van der Waals surface area (Å²) >= 11 is 7.90. The fourth-order valence-electron chi connectivity index (χ4n) is 2.04. The minimum Gasteiger partial charge on any atom is -0.310 e. The second kappa shape index (κ2) is 5.24. The van der Waals surface area contributed by atoms with Crippen LogP contribution in [0.25, 0.3) is 0 Å². The molecule has 1 N–H and O–H groups in total. The molecule has 1 heterocycles. The van der Waals surface area contributed by atoms with Gasteiger partial charge in [0.25, 0.3) is 0 Å². The predicted molar refractivity (Wildman–Crippen MR) is 67.8 cm³/mol. The maximum absolute atomic E-state index is 6.20. The highest BCUT2D eigenvalue weighted by molar-refractivity contribution is 7.98. The Labute approximate surface area is 101 Å². The lowest BCUT2D eigenvalue weighted by Gasteiger charge is -2.24. The van der Waals surface area contributed by atoms with Crippen molar-refractivity contribution in [2.24, 2.45) is 0 Å². The van der Waals surface area contributed by atoms with Gasteiger partial charge in [-0.3, -0.25) is 0 Å². The summed E-state index contributed by atoms with van der Waals surface area (Å²) < 4.78 is 0. The summed E-state index contributed by atoms with van der Waals surface area (Å²) in [6.45, 7) is 1.13. The van der Waals surface area contributed by atoms with Gasteiger partial charge in [0.15, 0.2) is 0 Å². The average Bonchev–Trinajstić information content (AvgIpc) is 2.30. The Morgan fingerprint density at radius 3 is 2.87 bits per heavy atom. The zero-order valence-electron chi connectivity index (χ0n) is 8.92. The van der Waals surface area contributed by atoms with Crippen LogP contribution in [0, 0.1) is 0 Å². The normalized spacial score (nSPS) is 21.6. The number of halogens is 1. The van der Waals surface area contributed by atoms with Crippen molar-refractivity contribution in [1.82, 2.24) is 5.32 Å². The van der Waals surface area contributed by atoms with Crippen molar-refractivity contribution in [3.8, 4) is 0 Å². The molecule has 1 atom stereocenters. The highest BCUT2D eigenvalue weighted by atomic mass is 35.5. The first-order valence-corrected chi connectivity index (χ1v) is 6.98. The van der Waals surface area contributed by atoms with Crippen LogP contribution in [0.1, 0.15) is 30.9 Å². The molecule has 0 aliphatic carbocycles. The van der Waals surface area contributed by atoms with E-state index in [2.05, 4.69) is 29.8 Å². The number of piperidine rings is 1. The molecule has 0 saturated carbocycles. The lowest BCUT2D eigenvalue weighted by molar-refractivity contribution is 0.412. The van der Waals surface area contributed by atoms with Gasteiger partial charge in [-0.25, -0.2) is 0 Å². The van der Waals surface area contributed by atoms with Gasteiger partial charge in [0.2, 0.25) is 0 Å². The Kier molecular flexibility index (Phi) is 3.95. The van der Waals surface area contributed by atoms with E-state index in [1.165, 1.54) is 24.8 Å². The average molecular weight is 242 g/mol. The van der Waals surface area contributed by atoms with E-state index in [-0.39, 0.29) is 0 Å². The molecule has 0 spiro atoms. The smallest absolute Gasteiger partial charge is 0.0545 e. The van der Waals surface area contributed by atoms with Gasteiger partial charge < -0.3 is 5.32 Å². The highest BCUT2D eigenvalue weighted by Gasteiger charge is 2.15. The van der Waals surface area contributed by atoms with Crippen LogP contribution in [0.15, 0.2) is 23.1 Å². The largest absolute Gasteiger partial charge is 0.310 e. The molecule has 0 aromatic heterocycles. The summed E-state index contributed by atoms with van der Waals surface area (Å²) in [5.74, 6) is 0. The van der Waals surface area contributed by atoms with Crippen LogP contribution in [0.3, 0.4) is 0 Å². The van der Waals surface area contributed by atoms with Crippen molar-refractivity contribution in [2.75, 3.05) is 12.8 Å². The van der Waals surface area contributed by atoms with Crippen molar-refractivity contribution < 1.29 is 0 Å². The number of rotatable bonds is 2. The topological polar surface area (TPSA) is 12.0 Å². The molecule has 1 nitrogen and oxygen atoms in total. The van der Waals surface area contributed by atoms with Gasteiger partial charge in [-0.1, -0.05) is 24.1 Å². The lowest BCUT2D eigenvalue weighted by Crippen LogP contribution is -2.26. The first-order chi connectivity index (χ1) is 7.31. The van der Waals surface area contributed by atoms with Gasteiger partial charge in [0.05, 0.1) is 5.02 Å². The SMILES string of the molecule is CSc1ccc(C2CCCCN2)cc1Cl. The summed E-state index contributed by atoms with van der Waals surface area (Å²) in [7, 11) is 0. The quantitative estimate of drug-likeness (QED) is 0.789. The molecule has 2 rings (SSSR count). The molecule has 1 fully saturated rings. The van der Waals surface area contributed by atoms with Gasteiger partial charge in [-0.15, -0.1) is 11.8 Å². The number of benzene rings is 1. The summed E-state index contributed by atoms with van der Waals surface area (Å²) in [6.07, 6.45) is 5.90. The molecule has 0 amide bonds. The third-order valence-electron chi connectivity index (χ3n) is 2.89. The standard InChI is InChI=1S/C12H16ClNS/c1-15-12-6-5-9(8-10(12)13)11-4-2-3-7-14-11/h5-6,8,11,14H,2-4,7H2,1H3. The third kappa shape index (κ3) is 2.68. The first kappa shape index (κ1) is 11.3. The van der Waals surface area contributed by atoms with E-state index in [4.69, 9.17) is 11.6 Å². The Bertz CT molecular complexity index is 334. The van der Waals surface area contributed by atoms with E-state index in [1.807, 2.05) is 0 Å². The van der Waals surface area contributed by atoms with E-state index in [9.17, 15) is 0 Å². The Balaban J connectivity index is 2.17. The fourth-order valence-corrected chi connectivity index (χ4v) is 2.91. The van der Waals surface area contributed by atoms with Gasteiger partial charge in [0.1, 0.15) is 0 Å². The number of nitrogens with one attached hydrogen (secondary N) is 1. The molecule has 82 valence electrons. The Hall–Kier alpha value is -0.180. The Morgan fingerprint density at radius 1 is 1.40 bits per heavy atom. The number of hydrogen-bond acceptors (Lipinski definition) is 2. The molecule has 1 aromatic carbocycles. The minimum atomic E-state index is 0.507. The van der Waals surface area contributed by atoms with Crippen molar-refractivity contribution in [2.45, 2.75) is 30.2 Å². The highest BCUT2D eigenvalue weighted by Crippen LogP contribution is 2.30.